The van der Waals surface area contributed by atoms with E-state index in [1.165, 1.54) is 12.8 Å². The van der Waals surface area contributed by atoms with E-state index in [9.17, 15) is 4.79 Å². The molecule has 2 aliphatic heterocycles. The molecule has 2 saturated heterocycles. The van der Waals surface area contributed by atoms with Crippen molar-refractivity contribution in [3.63, 3.8) is 0 Å². The number of morpholine rings is 1. The third-order valence-electron chi connectivity index (χ3n) is 5.15. The van der Waals surface area contributed by atoms with E-state index in [-0.39, 0.29) is 5.91 Å². The molecule has 1 amide bonds. The molecule has 22 heavy (non-hydrogen) atoms. The zero-order chi connectivity index (χ0) is 14.9. The van der Waals surface area contributed by atoms with Crippen molar-refractivity contribution in [1.29, 1.82) is 0 Å². The maximum absolute atomic E-state index is 12.5. The van der Waals surface area contributed by atoms with Crippen LogP contribution in [0.2, 0.25) is 0 Å². The van der Waals surface area contributed by atoms with Gasteiger partial charge in [0.1, 0.15) is 0 Å². The van der Waals surface area contributed by atoms with Gasteiger partial charge in [-0.15, -0.1) is 0 Å². The number of carbonyl (C=O) groups is 1. The summed E-state index contributed by atoms with van der Waals surface area (Å²) < 4.78 is 5.81. The van der Waals surface area contributed by atoms with Crippen molar-refractivity contribution >= 4 is 5.91 Å². The molecule has 0 unspecified atom stereocenters. The van der Waals surface area contributed by atoms with Gasteiger partial charge in [0.15, 0.2) is 0 Å². The molecule has 118 valence electrons. The standard InChI is InChI=1S/C17H23N3O2/c21-17(8-13-2-1-5-18-9-13)19-6-7-20-15(10-19)11-22-12-16(20)14-3-4-14/h1-2,5,9,14-16H,3-4,6-8,10-12H2/t15-,16-/m1/s1. The number of fused-ring (bicyclic) bond motifs is 1. The minimum Gasteiger partial charge on any atom is -0.378 e. The number of aromatic nitrogens is 1. The van der Waals surface area contributed by atoms with Crippen LogP contribution in [0, 0.1) is 5.92 Å². The Balaban J connectivity index is 1.38. The first-order valence-corrected chi connectivity index (χ1v) is 8.31. The summed E-state index contributed by atoms with van der Waals surface area (Å²) in [5, 5.41) is 0. The highest BCUT2D eigenvalue weighted by atomic mass is 16.5. The summed E-state index contributed by atoms with van der Waals surface area (Å²) in [5.41, 5.74) is 0.991. The molecule has 2 atom stereocenters. The Morgan fingerprint density at radius 3 is 3.00 bits per heavy atom. The summed E-state index contributed by atoms with van der Waals surface area (Å²) in [6, 6.07) is 4.82. The van der Waals surface area contributed by atoms with Crippen molar-refractivity contribution in [2.75, 3.05) is 32.8 Å². The van der Waals surface area contributed by atoms with Crippen LogP contribution in [-0.4, -0.2) is 65.6 Å². The van der Waals surface area contributed by atoms with Gasteiger partial charge in [0.25, 0.3) is 0 Å². The highest BCUT2D eigenvalue weighted by molar-refractivity contribution is 5.78. The monoisotopic (exact) mass is 301 g/mol. The highest BCUT2D eigenvalue weighted by Gasteiger charge is 2.43. The number of amides is 1. The smallest absolute Gasteiger partial charge is 0.227 e. The molecule has 0 aromatic carbocycles. The molecule has 3 aliphatic rings. The Morgan fingerprint density at radius 2 is 2.23 bits per heavy atom. The lowest BCUT2D eigenvalue weighted by Crippen LogP contribution is -2.63. The van der Waals surface area contributed by atoms with E-state index in [1.807, 2.05) is 17.0 Å². The molecule has 5 nitrogen and oxygen atoms in total. The molecule has 5 heteroatoms. The van der Waals surface area contributed by atoms with Crippen molar-refractivity contribution < 1.29 is 9.53 Å². The van der Waals surface area contributed by atoms with Crippen molar-refractivity contribution in [2.45, 2.75) is 31.3 Å². The number of nitrogens with zero attached hydrogens (tertiary/aromatic N) is 3. The maximum Gasteiger partial charge on any atom is 0.227 e. The number of pyridine rings is 1. The van der Waals surface area contributed by atoms with Crippen LogP contribution < -0.4 is 0 Å². The molecule has 0 radical (unpaired) electrons. The van der Waals surface area contributed by atoms with Crippen molar-refractivity contribution in [1.82, 2.24) is 14.8 Å². The normalized spacial score (nSPS) is 29.2. The predicted octanol–water partition coefficient (Wildman–Crippen LogP) is 0.946. The van der Waals surface area contributed by atoms with E-state index in [1.54, 1.807) is 12.4 Å². The molecule has 3 fully saturated rings. The number of ether oxygens (including phenoxy) is 1. The van der Waals surface area contributed by atoms with E-state index in [4.69, 9.17) is 4.74 Å². The number of carbonyl (C=O) groups excluding carboxylic acids is 1. The van der Waals surface area contributed by atoms with E-state index in [0.29, 0.717) is 18.5 Å². The van der Waals surface area contributed by atoms with Gasteiger partial charge in [0, 0.05) is 38.1 Å². The fourth-order valence-corrected chi connectivity index (χ4v) is 3.78. The summed E-state index contributed by atoms with van der Waals surface area (Å²) in [6.07, 6.45) is 6.67. The second-order valence-corrected chi connectivity index (χ2v) is 6.71. The topological polar surface area (TPSA) is 45.7 Å². The van der Waals surface area contributed by atoms with Gasteiger partial charge in [-0.2, -0.15) is 0 Å². The lowest BCUT2D eigenvalue weighted by molar-refractivity contribution is -0.139. The minimum absolute atomic E-state index is 0.209. The van der Waals surface area contributed by atoms with Crippen LogP contribution in [0.15, 0.2) is 24.5 Å². The molecular formula is C17H23N3O2. The van der Waals surface area contributed by atoms with Crippen LogP contribution >= 0.6 is 0 Å². The second-order valence-electron chi connectivity index (χ2n) is 6.71. The Bertz CT molecular complexity index is 532. The summed E-state index contributed by atoms with van der Waals surface area (Å²) in [7, 11) is 0. The van der Waals surface area contributed by atoms with Gasteiger partial charge in [-0.05, 0) is 30.4 Å². The van der Waals surface area contributed by atoms with E-state index in [2.05, 4.69) is 9.88 Å². The van der Waals surface area contributed by atoms with Crippen LogP contribution in [0.3, 0.4) is 0 Å². The summed E-state index contributed by atoms with van der Waals surface area (Å²) >= 11 is 0. The molecule has 1 aliphatic carbocycles. The second kappa shape index (κ2) is 5.97. The summed E-state index contributed by atoms with van der Waals surface area (Å²) in [5.74, 6) is 1.04. The average molecular weight is 301 g/mol. The van der Waals surface area contributed by atoms with Crippen molar-refractivity contribution in [2.24, 2.45) is 5.92 Å². The van der Waals surface area contributed by atoms with Gasteiger partial charge in [-0.25, -0.2) is 0 Å². The van der Waals surface area contributed by atoms with Crippen LogP contribution in [0.1, 0.15) is 18.4 Å². The lowest BCUT2D eigenvalue weighted by Gasteiger charge is -2.48. The third-order valence-corrected chi connectivity index (χ3v) is 5.15. The molecule has 1 saturated carbocycles. The zero-order valence-corrected chi connectivity index (χ0v) is 12.9. The first-order chi connectivity index (χ1) is 10.8. The molecular weight excluding hydrogens is 278 g/mol. The predicted molar refractivity (Wildman–Crippen MR) is 82.3 cm³/mol. The number of hydrogen-bond acceptors (Lipinski definition) is 4. The minimum atomic E-state index is 0.209. The van der Waals surface area contributed by atoms with Gasteiger partial charge in [-0.3, -0.25) is 14.7 Å². The molecule has 3 heterocycles. The van der Waals surface area contributed by atoms with Gasteiger partial charge in [0.2, 0.25) is 5.91 Å². The Hall–Kier alpha value is -1.46. The molecule has 1 aromatic rings. The van der Waals surface area contributed by atoms with Crippen LogP contribution in [0.5, 0.6) is 0 Å². The van der Waals surface area contributed by atoms with Crippen LogP contribution in [0.4, 0.5) is 0 Å². The maximum atomic E-state index is 12.5. The SMILES string of the molecule is O=C(Cc1cccnc1)N1CCN2[C@@H](COC[C@@H]2C2CC2)C1. The van der Waals surface area contributed by atoms with E-state index < -0.39 is 0 Å². The van der Waals surface area contributed by atoms with Crippen LogP contribution in [-0.2, 0) is 16.0 Å². The first kappa shape index (κ1) is 14.2. The van der Waals surface area contributed by atoms with Gasteiger partial charge >= 0.3 is 0 Å². The summed E-state index contributed by atoms with van der Waals surface area (Å²) in [6.45, 7) is 4.29. The molecule has 0 bridgehead atoms. The fourth-order valence-electron chi connectivity index (χ4n) is 3.78. The number of rotatable bonds is 3. The van der Waals surface area contributed by atoms with Gasteiger partial charge in [0.05, 0.1) is 25.7 Å². The molecule has 0 N–H and O–H groups in total. The Morgan fingerprint density at radius 1 is 1.32 bits per heavy atom. The fraction of sp³-hybridized carbons (Fsp3) is 0.647. The number of piperazine rings is 1. The van der Waals surface area contributed by atoms with Gasteiger partial charge in [-0.1, -0.05) is 6.07 Å². The highest BCUT2D eigenvalue weighted by Crippen LogP contribution is 2.38. The average Bonchev–Trinajstić information content (AvgIpc) is 3.39. The van der Waals surface area contributed by atoms with Crippen molar-refractivity contribution in [3.05, 3.63) is 30.1 Å². The number of hydrogen-bond donors (Lipinski definition) is 0. The Labute approximate surface area is 131 Å². The van der Waals surface area contributed by atoms with E-state index in [0.717, 1.165) is 44.3 Å². The quantitative estimate of drug-likeness (QED) is 0.834. The molecule has 0 spiro atoms. The van der Waals surface area contributed by atoms with Gasteiger partial charge < -0.3 is 9.64 Å². The lowest BCUT2D eigenvalue weighted by atomic mass is 10.0. The molecule has 4 rings (SSSR count). The van der Waals surface area contributed by atoms with Crippen LogP contribution in [0.25, 0.3) is 0 Å². The largest absolute Gasteiger partial charge is 0.378 e. The first-order valence-electron chi connectivity index (χ1n) is 8.31. The zero-order valence-electron chi connectivity index (χ0n) is 12.9. The molecule has 1 aromatic heterocycles. The Kier molecular flexibility index (Phi) is 3.84. The third kappa shape index (κ3) is 2.88. The van der Waals surface area contributed by atoms with Crippen molar-refractivity contribution in [3.8, 4) is 0 Å². The van der Waals surface area contributed by atoms with E-state index >= 15 is 0 Å². The summed E-state index contributed by atoms with van der Waals surface area (Å²) in [4.78, 5) is 21.2.